The molecule has 5 nitrogen and oxygen atoms in total. The van der Waals surface area contributed by atoms with Crippen molar-refractivity contribution in [2.45, 2.75) is 13.3 Å². The standard InChI is InChI=1S/C8H14N4O/c1-3-10-7(13)4-6-5-12(2)8(9)11-6/h5H,3-4H2,1-2H3,(H2,9,11)(H,10,13). The molecule has 1 rings (SSSR count). The molecule has 0 fully saturated rings. The molecule has 0 atom stereocenters. The van der Waals surface area contributed by atoms with Crippen LogP contribution in [0.3, 0.4) is 0 Å². The summed E-state index contributed by atoms with van der Waals surface area (Å²) in [7, 11) is 1.80. The lowest BCUT2D eigenvalue weighted by molar-refractivity contribution is -0.120. The van der Waals surface area contributed by atoms with Gasteiger partial charge in [0.1, 0.15) is 0 Å². The molecule has 3 N–H and O–H groups in total. The van der Waals surface area contributed by atoms with Crippen molar-refractivity contribution in [3.8, 4) is 0 Å². The molecule has 72 valence electrons. The Morgan fingerprint density at radius 3 is 2.92 bits per heavy atom. The number of imidazole rings is 1. The van der Waals surface area contributed by atoms with Gasteiger partial charge in [-0.2, -0.15) is 0 Å². The summed E-state index contributed by atoms with van der Waals surface area (Å²) in [6, 6.07) is 0. The summed E-state index contributed by atoms with van der Waals surface area (Å²) in [6.07, 6.45) is 2.05. The fourth-order valence-electron chi connectivity index (χ4n) is 1.05. The molecule has 0 radical (unpaired) electrons. The topological polar surface area (TPSA) is 72.9 Å². The summed E-state index contributed by atoms with van der Waals surface area (Å²) in [5.41, 5.74) is 6.21. The number of nitrogen functional groups attached to an aromatic ring is 1. The van der Waals surface area contributed by atoms with Crippen LogP contribution in [-0.2, 0) is 18.3 Å². The molecular formula is C8H14N4O. The van der Waals surface area contributed by atoms with Gasteiger partial charge in [-0.15, -0.1) is 0 Å². The van der Waals surface area contributed by atoms with Crippen LogP contribution < -0.4 is 11.1 Å². The fraction of sp³-hybridized carbons (Fsp3) is 0.500. The lowest BCUT2D eigenvalue weighted by atomic mass is 10.3. The summed E-state index contributed by atoms with van der Waals surface area (Å²) < 4.78 is 1.69. The second-order valence-corrected chi connectivity index (χ2v) is 2.83. The predicted octanol–water partition coefficient (Wildman–Crippen LogP) is -0.319. The van der Waals surface area contributed by atoms with Gasteiger partial charge < -0.3 is 15.6 Å². The van der Waals surface area contributed by atoms with Crippen molar-refractivity contribution in [1.82, 2.24) is 14.9 Å². The van der Waals surface area contributed by atoms with Crippen LogP contribution in [0.5, 0.6) is 0 Å². The van der Waals surface area contributed by atoms with E-state index in [0.717, 1.165) is 0 Å². The maximum absolute atomic E-state index is 11.1. The van der Waals surface area contributed by atoms with Crippen LogP contribution in [0.4, 0.5) is 5.95 Å². The van der Waals surface area contributed by atoms with Gasteiger partial charge in [0.15, 0.2) is 5.95 Å². The van der Waals surface area contributed by atoms with Crippen molar-refractivity contribution in [2.75, 3.05) is 12.3 Å². The van der Waals surface area contributed by atoms with Gasteiger partial charge in [-0.3, -0.25) is 4.79 Å². The molecule has 1 aromatic heterocycles. The Bertz CT molecular complexity index is 286. The normalized spacial score (nSPS) is 10.0. The zero-order valence-electron chi connectivity index (χ0n) is 7.87. The second kappa shape index (κ2) is 3.93. The quantitative estimate of drug-likeness (QED) is 0.673. The number of rotatable bonds is 3. The molecule has 0 saturated carbocycles. The van der Waals surface area contributed by atoms with E-state index in [-0.39, 0.29) is 5.91 Å². The van der Waals surface area contributed by atoms with E-state index in [2.05, 4.69) is 10.3 Å². The number of anilines is 1. The monoisotopic (exact) mass is 182 g/mol. The minimum absolute atomic E-state index is 0.0272. The largest absolute Gasteiger partial charge is 0.369 e. The van der Waals surface area contributed by atoms with Crippen LogP contribution in [0.2, 0.25) is 0 Å². The smallest absolute Gasteiger partial charge is 0.226 e. The summed E-state index contributed by atoms with van der Waals surface area (Å²) in [5, 5.41) is 2.69. The van der Waals surface area contributed by atoms with Gasteiger partial charge in [0, 0.05) is 19.8 Å². The number of nitrogens with two attached hydrogens (primary N) is 1. The highest BCUT2D eigenvalue weighted by Crippen LogP contribution is 2.02. The van der Waals surface area contributed by atoms with E-state index in [1.54, 1.807) is 17.8 Å². The van der Waals surface area contributed by atoms with Crippen molar-refractivity contribution in [3.63, 3.8) is 0 Å². The van der Waals surface area contributed by atoms with Crippen LogP contribution in [-0.4, -0.2) is 22.0 Å². The van der Waals surface area contributed by atoms with E-state index >= 15 is 0 Å². The molecule has 5 heteroatoms. The molecule has 1 aromatic rings. The average molecular weight is 182 g/mol. The van der Waals surface area contributed by atoms with E-state index in [9.17, 15) is 4.79 Å². The van der Waals surface area contributed by atoms with E-state index < -0.39 is 0 Å². The van der Waals surface area contributed by atoms with Gasteiger partial charge in [-0.1, -0.05) is 0 Å². The molecule has 0 spiro atoms. The Kier molecular flexibility index (Phi) is 2.89. The van der Waals surface area contributed by atoms with Crippen LogP contribution in [0, 0.1) is 0 Å². The first kappa shape index (κ1) is 9.57. The molecule has 0 aliphatic carbocycles. The molecular weight excluding hydrogens is 168 g/mol. The lowest BCUT2D eigenvalue weighted by Gasteiger charge is -1.97. The van der Waals surface area contributed by atoms with Crippen molar-refractivity contribution in [2.24, 2.45) is 7.05 Å². The third-order valence-electron chi connectivity index (χ3n) is 1.68. The van der Waals surface area contributed by atoms with Gasteiger partial charge in [0.05, 0.1) is 12.1 Å². The van der Waals surface area contributed by atoms with Crippen LogP contribution in [0.1, 0.15) is 12.6 Å². The van der Waals surface area contributed by atoms with Crippen LogP contribution in [0.15, 0.2) is 6.20 Å². The highest BCUT2D eigenvalue weighted by molar-refractivity contribution is 5.78. The van der Waals surface area contributed by atoms with Gasteiger partial charge >= 0.3 is 0 Å². The molecule has 0 aromatic carbocycles. The van der Waals surface area contributed by atoms with Crippen LogP contribution >= 0.6 is 0 Å². The van der Waals surface area contributed by atoms with E-state index in [1.807, 2.05) is 6.92 Å². The Labute approximate surface area is 76.9 Å². The number of nitrogens with one attached hydrogen (secondary N) is 1. The lowest BCUT2D eigenvalue weighted by Crippen LogP contribution is -2.24. The first-order chi connectivity index (χ1) is 6.13. The first-order valence-corrected chi connectivity index (χ1v) is 4.18. The van der Waals surface area contributed by atoms with Crippen molar-refractivity contribution in [3.05, 3.63) is 11.9 Å². The van der Waals surface area contributed by atoms with Gasteiger partial charge in [0.25, 0.3) is 0 Å². The van der Waals surface area contributed by atoms with Crippen molar-refractivity contribution < 1.29 is 4.79 Å². The number of aryl methyl sites for hydroxylation is 1. The summed E-state index contributed by atoms with van der Waals surface area (Å²) in [4.78, 5) is 15.1. The summed E-state index contributed by atoms with van der Waals surface area (Å²) >= 11 is 0. The summed E-state index contributed by atoms with van der Waals surface area (Å²) in [6.45, 7) is 2.52. The predicted molar refractivity (Wildman–Crippen MR) is 50.0 cm³/mol. The molecule has 0 saturated heterocycles. The molecule has 1 amide bonds. The molecule has 1 heterocycles. The number of amides is 1. The first-order valence-electron chi connectivity index (χ1n) is 4.18. The maximum Gasteiger partial charge on any atom is 0.226 e. The zero-order chi connectivity index (χ0) is 9.84. The third-order valence-corrected chi connectivity index (χ3v) is 1.68. The van der Waals surface area contributed by atoms with Crippen molar-refractivity contribution in [1.29, 1.82) is 0 Å². The van der Waals surface area contributed by atoms with Gasteiger partial charge in [0.2, 0.25) is 5.91 Å². The maximum atomic E-state index is 11.1. The van der Waals surface area contributed by atoms with Gasteiger partial charge in [-0.05, 0) is 6.92 Å². The average Bonchev–Trinajstić information content (AvgIpc) is 2.31. The molecule has 13 heavy (non-hydrogen) atoms. The minimum Gasteiger partial charge on any atom is -0.369 e. The third kappa shape index (κ3) is 2.47. The number of hydrogen-bond donors (Lipinski definition) is 2. The second-order valence-electron chi connectivity index (χ2n) is 2.83. The number of hydrogen-bond acceptors (Lipinski definition) is 3. The van der Waals surface area contributed by atoms with Crippen molar-refractivity contribution >= 4 is 11.9 Å². The SMILES string of the molecule is CCNC(=O)Cc1cn(C)c(N)n1. The highest BCUT2D eigenvalue weighted by Gasteiger charge is 2.06. The number of carbonyl (C=O) groups excluding carboxylic acids is 1. The zero-order valence-corrected chi connectivity index (χ0v) is 7.87. The Hall–Kier alpha value is -1.52. The van der Waals surface area contributed by atoms with E-state index in [1.165, 1.54) is 0 Å². The number of aromatic nitrogens is 2. The Morgan fingerprint density at radius 2 is 2.46 bits per heavy atom. The fourth-order valence-corrected chi connectivity index (χ4v) is 1.05. The van der Waals surface area contributed by atoms with Crippen LogP contribution in [0.25, 0.3) is 0 Å². The summed E-state index contributed by atoms with van der Waals surface area (Å²) in [5.74, 6) is 0.403. The highest BCUT2D eigenvalue weighted by atomic mass is 16.1. The molecule has 0 bridgehead atoms. The van der Waals surface area contributed by atoms with E-state index in [4.69, 9.17) is 5.73 Å². The number of carbonyl (C=O) groups is 1. The number of nitrogens with zero attached hydrogens (tertiary/aromatic N) is 2. The molecule has 0 aliphatic rings. The Morgan fingerprint density at radius 1 is 1.77 bits per heavy atom. The molecule has 0 unspecified atom stereocenters. The van der Waals surface area contributed by atoms with Gasteiger partial charge in [-0.25, -0.2) is 4.98 Å². The number of likely N-dealkylation sites (N-methyl/N-ethyl adjacent to an activating group) is 1. The Balaban J connectivity index is 2.59. The van der Waals surface area contributed by atoms with E-state index in [0.29, 0.717) is 24.6 Å². The molecule has 0 aliphatic heterocycles. The minimum atomic E-state index is -0.0272.